The highest BCUT2D eigenvalue weighted by molar-refractivity contribution is 5.96. The van der Waals surface area contributed by atoms with Crippen molar-refractivity contribution in [3.8, 4) is 6.07 Å². The first kappa shape index (κ1) is 10.1. The molecule has 1 aromatic heterocycles. The maximum atomic E-state index is 10.6. The van der Waals surface area contributed by atoms with Gasteiger partial charge < -0.3 is 10.1 Å². The second-order valence-corrected chi connectivity index (χ2v) is 2.99. The monoisotopic (exact) mass is 190 g/mol. The van der Waals surface area contributed by atoms with E-state index in [0.717, 1.165) is 16.8 Å². The Morgan fingerprint density at radius 3 is 2.64 bits per heavy atom. The van der Waals surface area contributed by atoms with Gasteiger partial charge in [0, 0.05) is 11.9 Å². The number of H-pyrrole nitrogens is 1. The van der Waals surface area contributed by atoms with Gasteiger partial charge in [-0.05, 0) is 31.1 Å². The van der Waals surface area contributed by atoms with E-state index in [2.05, 4.69) is 4.98 Å². The van der Waals surface area contributed by atoms with Crippen LogP contribution in [0, 0.1) is 25.2 Å². The maximum absolute atomic E-state index is 10.6. The van der Waals surface area contributed by atoms with Crippen LogP contribution in [0.2, 0.25) is 0 Å². The van der Waals surface area contributed by atoms with Crippen LogP contribution in [0.25, 0.3) is 6.08 Å². The van der Waals surface area contributed by atoms with Crippen molar-refractivity contribution in [1.29, 1.82) is 5.26 Å². The van der Waals surface area contributed by atoms with E-state index in [9.17, 15) is 4.79 Å². The van der Waals surface area contributed by atoms with Crippen LogP contribution in [0.15, 0.2) is 11.8 Å². The molecule has 4 nitrogen and oxygen atoms in total. The van der Waals surface area contributed by atoms with Crippen molar-refractivity contribution in [3.05, 3.63) is 28.6 Å². The standard InChI is InChI=1S/C10H10N2O2/c1-6-5-12-7(2)9(6)3-8(4-11)10(13)14/h3,5,12H,1-2H3,(H,13,14)/b8-3+. The lowest BCUT2D eigenvalue weighted by atomic mass is 10.1. The predicted octanol–water partition coefficient (Wildman–Crippen LogP) is 1.62. The highest BCUT2D eigenvalue weighted by Crippen LogP contribution is 2.16. The first-order chi connectivity index (χ1) is 6.56. The third-order valence-corrected chi connectivity index (χ3v) is 1.97. The fourth-order valence-electron chi connectivity index (χ4n) is 1.18. The molecule has 0 amide bonds. The quantitative estimate of drug-likeness (QED) is 0.549. The third kappa shape index (κ3) is 1.83. The Morgan fingerprint density at radius 1 is 1.64 bits per heavy atom. The molecule has 14 heavy (non-hydrogen) atoms. The van der Waals surface area contributed by atoms with Crippen molar-refractivity contribution < 1.29 is 9.90 Å². The van der Waals surface area contributed by atoms with E-state index in [-0.39, 0.29) is 5.57 Å². The Labute approximate surface area is 81.5 Å². The molecule has 0 saturated carbocycles. The zero-order chi connectivity index (χ0) is 10.7. The number of aromatic nitrogens is 1. The number of hydrogen-bond donors (Lipinski definition) is 2. The predicted molar refractivity (Wildman–Crippen MR) is 51.5 cm³/mol. The number of rotatable bonds is 2. The summed E-state index contributed by atoms with van der Waals surface area (Å²) in [6.07, 6.45) is 3.15. The summed E-state index contributed by atoms with van der Waals surface area (Å²) in [4.78, 5) is 13.5. The van der Waals surface area contributed by atoms with Crippen LogP contribution >= 0.6 is 0 Å². The van der Waals surface area contributed by atoms with E-state index in [1.807, 2.05) is 13.8 Å². The second kappa shape index (κ2) is 3.79. The molecule has 0 aliphatic heterocycles. The SMILES string of the molecule is Cc1c[nH]c(C)c1/C=C(\C#N)C(=O)O. The fraction of sp³-hybridized carbons (Fsp3) is 0.200. The normalized spacial score (nSPS) is 11.1. The lowest BCUT2D eigenvalue weighted by Gasteiger charge is -1.94. The van der Waals surface area contributed by atoms with Crippen molar-refractivity contribution in [3.63, 3.8) is 0 Å². The summed E-state index contributed by atoms with van der Waals surface area (Å²) in [6.45, 7) is 3.68. The Kier molecular flexibility index (Phi) is 2.73. The van der Waals surface area contributed by atoms with Gasteiger partial charge in [-0.2, -0.15) is 5.26 Å². The van der Waals surface area contributed by atoms with E-state index in [4.69, 9.17) is 10.4 Å². The van der Waals surface area contributed by atoms with Gasteiger partial charge in [0.2, 0.25) is 0 Å². The molecule has 0 atom stereocenters. The van der Waals surface area contributed by atoms with E-state index in [1.165, 1.54) is 6.08 Å². The van der Waals surface area contributed by atoms with Crippen LogP contribution in [0.1, 0.15) is 16.8 Å². The van der Waals surface area contributed by atoms with E-state index >= 15 is 0 Å². The van der Waals surface area contributed by atoms with Crippen molar-refractivity contribution in [2.45, 2.75) is 13.8 Å². The largest absolute Gasteiger partial charge is 0.477 e. The molecule has 0 aromatic carbocycles. The Hall–Kier alpha value is -2.02. The summed E-state index contributed by atoms with van der Waals surface area (Å²) in [6, 6.07) is 1.64. The maximum Gasteiger partial charge on any atom is 0.346 e. The first-order valence-corrected chi connectivity index (χ1v) is 4.06. The number of nitriles is 1. The summed E-state index contributed by atoms with van der Waals surface area (Å²) in [7, 11) is 0. The van der Waals surface area contributed by atoms with Gasteiger partial charge in [0.05, 0.1) is 0 Å². The van der Waals surface area contributed by atoms with Crippen LogP contribution in [0.3, 0.4) is 0 Å². The summed E-state index contributed by atoms with van der Waals surface area (Å²) in [5, 5.41) is 17.2. The average molecular weight is 190 g/mol. The van der Waals surface area contributed by atoms with E-state index in [1.54, 1.807) is 12.3 Å². The number of carboxylic acid groups (broad SMARTS) is 1. The van der Waals surface area contributed by atoms with Crippen LogP contribution in [0.5, 0.6) is 0 Å². The minimum Gasteiger partial charge on any atom is -0.477 e. The zero-order valence-electron chi connectivity index (χ0n) is 7.96. The fourth-order valence-corrected chi connectivity index (χ4v) is 1.18. The molecule has 0 aliphatic carbocycles. The van der Waals surface area contributed by atoms with Crippen molar-refractivity contribution in [2.24, 2.45) is 0 Å². The topological polar surface area (TPSA) is 76.9 Å². The van der Waals surface area contributed by atoms with Gasteiger partial charge in [0.25, 0.3) is 0 Å². The molecule has 0 saturated heterocycles. The third-order valence-electron chi connectivity index (χ3n) is 1.97. The smallest absolute Gasteiger partial charge is 0.346 e. The Balaban J connectivity index is 3.20. The molecule has 0 fully saturated rings. The molecular weight excluding hydrogens is 180 g/mol. The van der Waals surface area contributed by atoms with Gasteiger partial charge >= 0.3 is 5.97 Å². The molecule has 0 radical (unpaired) electrons. The van der Waals surface area contributed by atoms with Gasteiger partial charge in [-0.1, -0.05) is 0 Å². The number of aliphatic carboxylic acids is 1. The van der Waals surface area contributed by atoms with Crippen molar-refractivity contribution in [1.82, 2.24) is 4.98 Å². The minimum atomic E-state index is -1.20. The van der Waals surface area contributed by atoms with Crippen LogP contribution in [-0.2, 0) is 4.79 Å². The molecule has 0 bridgehead atoms. The van der Waals surface area contributed by atoms with Crippen molar-refractivity contribution >= 4 is 12.0 Å². The van der Waals surface area contributed by atoms with Gasteiger partial charge in [-0.3, -0.25) is 0 Å². The van der Waals surface area contributed by atoms with Gasteiger partial charge in [0.15, 0.2) is 0 Å². The number of nitrogens with one attached hydrogen (secondary N) is 1. The average Bonchev–Trinajstić information content (AvgIpc) is 2.43. The van der Waals surface area contributed by atoms with Gasteiger partial charge in [-0.25, -0.2) is 4.79 Å². The molecular formula is C10H10N2O2. The molecule has 0 spiro atoms. The number of aromatic amines is 1. The van der Waals surface area contributed by atoms with Gasteiger partial charge in [-0.15, -0.1) is 0 Å². The highest BCUT2D eigenvalue weighted by Gasteiger charge is 2.08. The van der Waals surface area contributed by atoms with Crippen LogP contribution in [-0.4, -0.2) is 16.1 Å². The molecule has 1 heterocycles. The molecule has 72 valence electrons. The summed E-state index contributed by atoms with van der Waals surface area (Å²) >= 11 is 0. The van der Waals surface area contributed by atoms with E-state index < -0.39 is 5.97 Å². The number of carboxylic acids is 1. The number of aryl methyl sites for hydroxylation is 2. The van der Waals surface area contributed by atoms with Crippen LogP contribution in [0.4, 0.5) is 0 Å². The summed E-state index contributed by atoms with van der Waals surface area (Å²) in [5.41, 5.74) is 2.30. The number of carbonyl (C=O) groups is 1. The molecule has 1 aromatic rings. The van der Waals surface area contributed by atoms with Crippen LogP contribution < -0.4 is 0 Å². The lowest BCUT2D eigenvalue weighted by Crippen LogP contribution is -1.97. The Bertz CT molecular complexity index is 416. The summed E-state index contributed by atoms with van der Waals surface area (Å²) in [5.74, 6) is -1.20. The molecule has 0 unspecified atom stereocenters. The highest BCUT2D eigenvalue weighted by atomic mass is 16.4. The molecule has 4 heteroatoms. The summed E-state index contributed by atoms with van der Waals surface area (Å²) < 4.78 is 0. The number of hydrogen-bond acceptors (Lipinski definition) is 2. The minimum absolute atomic E-state index is 0.254. The molecule has 2 N–H and O–H groups in total. The van der Waals surface area contributed by atoms with E-state index in [0.29, 0.717) is 0 Å². The molecule has 1 rings (SSSR count). The first-order valence-electron chi connectivity index (χ1n) is 4.06. The Morgan fingerprint density at radius 2 is 2.29 bits per heavy atom. The lowest BCUT2D eigenvalue weighted by molar-refractivity contribution is -0.132. The second-order valence-electron chi connectivity index (χ2n) is 2.99. The number of nitrogens with zero attached hydrogens (tertiary/aromatic N) is 1. The molecule has 0 aliphatic rings. The van der Waals surface area contributed by atoms with Crippen molar-refractivity contribution in [2.75, 3.05) is 0 Å². The zero-order valence-corrected chi connectivity index (χ0v) is 7.96. The van der Waals surface area contributed by atoms with Gasteiger partial charge in [0.1, 0.15) is 11.6 Å².